The molecule has 2 amide bonds. The van der Waals surface area contributed by atoms with Gasteiger partial charge in [-0.2, -0.15) is 4.31 Å². The Labute approximate surface area is 167 Å². The van der Waals surface area contributed by atoms with Crippen LogP contribution >= 0.6 is 11.6 Å². The molecule has 1 aliphatic rings. The number of anilines is 1. The Morgan fingerprint density at radius 2 is 1.96 bits per heavy atom. The van der Waals surface area contributed by atoms with Crippen molar-refractivity contribution >= 4 is 39.1 Å². The van der Waals surface area contributed by atoms with Gasteiger partial charge in [0.15, 0.2) is 6.61 Å². The summed E-state index contributed by atoms with van der Waals surface area (Å²) in [5.41, 5.74) is 1.12. The quantitative estimate of drug-likeness (QED) is 0.734. The van der Waals surface area contributed by atoms with Crippen molar-refractivity contribution in [3.63, 3.8) is 0 Å². The molecule has 0 saturated heterocycles. The van der Waals surface area contributed by atoms with Gasteiger partial charge in [0.25, 0.3) is 5.91 Å². The van der Waals surface area contributed by atoms with Crippen molar-refractivity contribution in [2.75, 3.05) is 25.5 Å². The monoisotopic (exact) mass is 423 g/mol. The van der Waals surface area contributed by atoms with E-state index in [1.54, 1.807) is 24.3 Å². The Morgan fingerprint density at radius 3 is 2.68 bits per heavy atom. The molecule has 0 radical (unpaired) electrons. The number of sulfonamides is 1. The molecule has 2 N–H and O–H groups in total. The lowest BCUT2D eigenvalue weighted by Crippen LogP contribution is -2.38. The van der Waals surface area contributed by atoms with E-state index in [4.69, 9.17) is 16.3 Å². The fourth-order valence-electron chi connectivity index (χ4n) is 2.55. The van der Waals surface area contributed by atoms with E-state index in [9.17, 15) is 18.0 Å². The van der Waals surface area contributed by atoms with E-state index >= 15 is 0 Å². The zero-order valence-corrected chi connectivity index (χ0v) is 16.5. The normalized spacial score (nSPS) is 13.5. The van der Waals surface area contributed by atoms with Crippen LogP contribution in [-0.4, -0.2) is 44.7 Å². The molecule has 1 aliphatic heterocycles. The molecule has 0 bridgehead atoms. The lowest BCUT2D eigenvalue weighted by Gasteiger charge is -2.21. The molecular weight excluding hydrogens is 406 g/mol. The van der Waals surface area contributed by atoms with Gasteiger partial charge in [-0.3, -0.25) is 9.59 Å². The zero-order valence-electron chi connectivity index (χ0n) is 14.9. The smallest absolute Gasteiger partial charge is 0.262 e. The number of amides is 2. The molecule has 0 saturated carbocycles. The average Bonchev–Trinajstić information content (AvgIpc) is 2.66. The molecule has 148 valence electrons. The van der Waals surface area contributed by atoms with Crippen LogP contribution in [0.15, 0.2) is 47.4 Å². The third-order valence-corrected chi connectivity index (χ3v) is 6.11. The van der Waals surface area contributed by atoms with Crippen LogP contribution in [0, 0.1) is 0 Å². The summed E-state index contributed by atoms with van der Waals surface area (Å²) in [4.78, 5) is 23.5. The van der Waals surface area contributed by atoms with Gasteiger partial charge in [-0.15, -0.1) is 0 Å². The van der Waals surface area contributed by atoms with Gasteiger partial charge in [0.1, 0.15) is 5.75 Å². The number of fused-ring (bicyclic) bond motifs is 1. The van der Waals surface area contributed by atoms with Gasteiger partial charge >= 0.3 is 0 Å². The van der Waals surface area contributed by atoms with Crippen molar-refractivity contribution < 1.29 is 22.7 Å². The first-order valence-electron chi connectivity index (χ1n) is 8.30. The van der Waals surface area contributed by atoms with Crippen LogP contribution in [-0.2, 0) is 26.2 Å². The fourth-order valence-corrected chi connectivity index (χ4v) is 3.83. The van der Waals surface area contributed by atoms with Crippen LogP contribution in [0.2, 0.25) is 5.02 Å². The molecule has 1 heterocycles. The predicted molar refractivity (Wildman–Crippen MR) is 104 cm³/mol. The highest BCUT2D eigenvalue weighted by Crippen LogP contribution is 2.30. The highest BCUT2D eigenvalue weighted by Gasteiger charge is 2.25. The number of nitrogens with one attached hydrogen (secondary N) is 2. The van der Waals surface area contributed by atoms with Gasteiger partial charge in [-0.25, -0.2) is 8.42 Å². The number of carbonyl (C=O) groups excluding carboxylic acids is 2. The second kappa shape index (κ2) is 8.17. The van der Waals surface area contributed by atoms with E-state index in [1.165, 1.54) is 25.2 Å². The molecular formula is C18H18ClN3O5S. The molecule has 3 rings (SSSR count). The van der Waals surface area contributed by atoms with Gasteiger partial charge < -0.3 is 15.4 Å². The van der Waals surface area contributed by atoms with Gasteiger partial charge in [0.2, 0.25) is 15.9 Å². The summed E-state index contributed by atoms with van der Waals surface area (Å²) in [7, 11) is -2.61. The standard InChI is InChI=1S/C18H18ClN3O5S/c1-22(10-17(23)20-9-12-2-4-13(19)5-3-12)28(25,26)14-6-7-16-15(8-14)21-18(24)11-27-16/h2-8H,9-11H2,1H3,(H,20,23)(H,21,24). The number of nitrogens with zero attached hydrogens (tertiary/aromatic N) is 1. The number of hydrogen-bond donors (Lipinski definition) is 2. The van der Waals surface area contributed by atoms with Gasteiger partial charge in [-0.1, -0.05) is 23.7 Å². The van der Waals surface area contributed by atoms with Crippen LogP contribution in [0.1, 0.15) is 5.56 Å². The van der Waals surface area contributed by atoms with E-state index < -0.39 is 15.9 Å². The summed E-state index contributed by atoms with van der Waals surface area (Å²) in [6, 6.07) is 11.1. The van der Waals surface area contributed by atoms with Crippen molar-refractivity contribution in [1.29, 1.82) is 0 Å². The second-order valence-corrected chi connectivity index (χ2v) is 8.64. The van der Waals surface area contributed by atoms with Crippen LogP contribution in [0.5, 0.6) is 5.75 Å². The summed E-state index contributed by atoms with van der Waals surface area (Å²) < 4.78 is 31.6. The van der Waals surface area contributed by atoms with Gasteiger partial charge in [0.05, 0.1) is 17.1 Å². The van der Waals surface area contributed by atoms with E-state index in [2.05, 4.69) is 10.6 Å². The zero-order chi connectivity index (χ0) is 20.3. The molecule has 28 heavy (non-hydrogen) atoms. The van der Waals surface area contributed by atoms with Gasteiger partial charge in [0, 0.05) is 18.6 Å². The molecule has 2 aromatic carbocycles. The fraction of sp³-hybridized carbons (Fsp3) is 0.222. The number of carbonyl (C=O) groups is 2. The van der Waals surface area contributed by atoms with Crippen molar-refractivity contribution in [1.82, 2.24) is 9.62 Å². The molecule has 0 aromatic heterocycles. The van der Waals surface area contributed by atoms with Crippen molar-refractivity contribution in [2.45, 2.75) is 11.4 Å². The molecule has 8 nitrogen and oxygen atoms in total. The lowest BCUT2D eigenvalue weighted by molar-refractivity contribution is -0.121. The summed E-state index contributed by atoms with van der Waals surface area (Å²) in [5, 5.41) is 5.81. The van der Waals surface area contributed by atoms with Crippen LogP contribution in [0.25, 0.3) is 0 Å². The molecule has 0 spiro atoms. The van der Waals surface area contributed by atoms with E-state index in [0.717, 1.165) is 9.87 Å². The average molecular weight is 424 g/mol. The molecule has 0 atom stereocenters. The maximum absolute atomic E-state index is 12.7. The van der Waals surface area contributed by atoms with E-state index in [-0.39, 0.29) is 36.2 Å². The van der Waals surface area contributed by atoms with E-state index in [1.807, 2.05) is 0 Å². The minimum Gasteiger partial charge on any atom is -0.482 e. The number of rotatable bonds is 6. The minimum atomic E-state index is -3.93. The Kier molecular flexibility index (Phi) is 5.87. The maximum atomic E-state index is 12.7. The minimum absolute atomic E-state index is 0.0509. The lowest BCUT2D eigenvalue weighted by atomic mass is 10.2. The highest BCUT2D eigenvalue weighted by molar-refractivity contribution is 7.89. The molecule has 0 fully saturated rings. The molecule has 0 aliphatic carbocycles. The van der Waals surface area contributed by atoms with Gasteiger partial charge in [-0.05, 0) is 35.9 Å². The summed E-state index contributed by atoms with van der Waals surface area (Å²) >= 11 is 5.81. The first-order valence-corrected chi connectivity index (χ1v) is 10.1. The molecule has 0 unspecified atom stereocenters. The molecule has 2 aromatic rings. The van der Waals surface area contributed by atoms with Crippen molar-refractivity contribution in [2.24, 2.45) is 0 Å². The summed E-state index contributed by atoms with van der Waals surface area (Å²) in [6.45, 7) is -0.214. The first-order chi connectivity index (χ1) is 13.3. The number of hydrogen-bond acceptors (Lipinski definition) is 5. The van der Waals surface area contributed by atoms with Crippen LogP contribution in [0.3, 0.4) is 0 Å². The number of likely N-dealkylation sites (N-methyl/N-ethyl adjacent to an activating group) is 1. The Hall–Kier alpha value is -2.62. The number of ether oxygens (including phenoxy) is 1. The Bertz CT molecular complexity index is 1010. The SMILES string of the molecule is CN(CC(=O)NCc1ccc(Cl)cc1)S(=O)(=O)c1ccc2c(c1)NC(=O)CO2. The first kappa shape index (κ1) is 20.1. The largest absolute Gasteiger partial charge is 0.482 e. The third-order valence-electron chi connectivity index (χ3n) is 4.06. The second-order valence-electron chi connectivity index (χ2n) is 6.16. The summed E-state index contributed by atoms with van der Waals surface area (Å²) in [6.07, 6.45) is 0. The maximum Gasteiger partial charge on any atom is 0.262 e. The topological polar surface area (TPSA) is 105 Å². The van der Waals surface area contributed by atoms with Crippen molar-refractivity contribution in [3.8, 4) is 5.75 Å². The Balaban J connectivity index is 1.64. The van der Waals surface area contributed by atoms with Crippen molar-refractivity contribution in [3.05, 3.63) is 53.1 Å². The number of benzene rings is 2. The van der Waals surface area contributed by atoms with Crippen LogP contribution in [0.4, 0.5) is 5.69 Å². The Morgan fingerprint density at radius 1 is 1.25 bits per heavy atom. The molecule has 10 heteroatoms. The van der Waals surface area contributed by atoms with E-state index in [0.29, 0.717) is 10.8 Å². The third kappa shape index (κ3) is 4.61. The number of halogens is 1. The predicted octanol–water partition coefficient (Wildman–Crippen LogP) is 1.61. The van der Waals surface area contributed by atoms with Crippen LogP contribution < -0.4 is 15.4 Å². The highest BCUT2D eigenvalue weighted by atomic mass is 35.5. The summed E-state index contributed by atoms with van der Waals surface area (Å²) in [5.74, 6) is -0.422.